The summed E-state index contributed by atoms with van der Waals surface area (Å²) >= 11 is 0. The van der Waals surface area contributed by atoms with Crippen molar-refractivity contribution in [2.75, 3.05) is 32.7 Å². The molecule has 2 rings (SSSR count). The summed E-state index contributed by atoms with van der Waals surface area (Å²) in [5.41, 5.74) is 5.38. The zero-order valence-corrected chi connectivity index (χ0v) is 15.5. The maximum absolute atomic E-state index is 12.3. The van der Waals surface area contributed by atoms with E-state index in [4.69, 9.17) is 5.73 Å². The zero-order valence-electron chi connectivity index (χ0n) is 14.7. The zero-order chi connectivity index (χ0) is 19.0. The van der Waals surface area contributed by atoms with E-state index in [-0.39, 0.29) is 35.6 Å². The number of nitrogens with zero attached hydrogens (tertiary/aromatic N) is 1. The molecule has 2 amide bonds. The van der Waals surface area contributed by atoms with Gasteiger partial charge in [-0.2, -0.15) is 0 Å². The Morgan fingerprint density at radius 2 is 1.92 bits per heavy atom. The van der Waals surface area contributed by atoms with E-state index >= 15 is 0 Å². The smallest absolute Gasteiger partial charge is 0.240 e. The molecule has 0 aromatic heterocycles. The molecule has 0 spiro atoms. The van der Waals surface area contributed by atoms with Gasteiger partial charge in [0.25, 0.3) is 0 Å². The van der Waals surface area contributed by atoms with E-state index < -0.39 is 10.0 Å². The van der Waals surface area contributed by atoms with Crippen LogP contribution in [0, 0.1) is 5.92 Å². The maximum Gasteiger partial charge on any atom is 0.240 e. The molecule has 0 saturated carbocycles. The van der Waals surface area contributed by atoms with Crippen LogP contribution in [0.1, 0.15) is 19.3 Å². The number of hydrogen-bond acceptors (Lipinski definition) is 5. The summed E-state index contributed by atoms with van der Waals surface area (Å²) in [5, 5.41) is 2.75. The van der Waals surface area contributed by atoms with E-state index in [9.17, 15) is 18.0 Å². The highest BCUT2D eigenvalue weighted by Crippen LogP contribution is 2.17. The lowest BCUT2D eigenvalue weighted by Crippen LogP contribution is -2.46. The Balaban J connectivity index is 1.81. The summed E-state index contributed by atoms with van der Waals surface area (Å²) in [5.74, 6) is -0.477. The number of benzene rings is 1. The first-order chi connectivity index (χ1) is 12.4. The van der Waals surface area contributed by atoms with Gasteiger partial charge in [-0.3, -0.25) is 9.59 Å². The van der Waals surface area contributed by atoms with Crippen LogP contribution in [0.3, 0.4) is 0 Å². The lowest BCUT2D eigenvalue weighted by atomic mass is 9.97. The van der Waals surface area contributed by atoms with Crippen molar-refractivity contribution in [1.82, 2.24) is 14.9 Å². The van der Waals surface area contributed by atoms with Gasteiger partial charge in [0, 0.05) is 39.1 Å². The first-order valence-electron chi connectivity index (χ1n) is 8.74. The summed E-state index contributed by atoms with van der Waals surface area (Å²) in [7, 11) is -3.62. The lowest BCUT2D eigenvalue weighted by molar-refractivity contribution is -0.135. The maximum atomic E-state index is 12.3. The van der Waals surface area contributed by atoms with Crippen LogP contribution in [-0.4, -0.2) is 57.9 Å². The predicted octanol–water partition coefficient (Wildman–Crippen LogP) is -0.331. The van der Waals surface area contributed by atoms with Gasteiger partial charge in [0.15, 0.2) is 0 Å². The van der Waals surface area contributed by atoms with Crippen LogP contribution in [0.4, 0.5) is 0 Å². The topological polar surface area (TPSA) is 122 Å². The van der Waals surface area contributed by atoms with Crippen molar-refractivity contribution in [2.24, 2.45) is 11.7 Å². The van der Waals surface area contributed by atoms with E-state index in [0.29, 0.717) is 26.2 Å². The van der Waals surface area contributed by atoms with Crippen LogP contribution in [0.2, 0.25) is 0 Å². The fraction of sp³-hybridized carbons (Fsp3) is 0.529. The second-order valence-corrected chi connectivity index (χ2v) is 7.99. The number of nitrogens with one attached hydrogen (secondary N) is 2. The molecule has 1 aromatic carbocycles. The van der Waals surface area contributed by atoms with Crippen LogP contribution in [0.15, 0.2) is 35.2 Å². The molecule has 0 bridgehead atoms. The normalized spacial score (nSPS) is 17.7. The van der Waals surface area contributed by atoms with Crippen LogP contribution < -0.4 is 15.8 Å². The minimum absolute atomic E-state index is 0.0244. The number of amides is 2. The van der Waals surface area contributed by atoms with Gasteiger partial charge in [0.1, 0.15) is 0 Å². The number of carbonyl (C=O) groups is 2. The number of piperidine rings is 1. The third-order valence-corrected chi connectivity index (χ3v) is 5.75. The molecule has 8 nitrogen and oxygen atoms in total. The Hall–Kier alpha value is -1.97. The van der Waals surface area contributed by atoms with Gasteiger partial charge in [0.2, 0.25) is 21.8 Å². The molecule has 4 N–H and O–H groups in total. The van der Waals surface area contributed by atoms with Gasteiger partial charge < -0.3 is 16.0 Å². The average molecular weight is 382 g/mol. The molecule has 144 valence electrons. The number of hydrogen-bond donors (Lipinski definition) is 3. The Morgan fingerprint density at radius 3 is 2.62 bits per heavy atom. The summed E-state index contributed by atoms with van der Waals surface area (Å²) in [6.07, 6.45) is 1.55. The van der Waals surface area contributed by atoms with Crippen LogP contribution in [0.25, 0.3) is 0 Å². The second kappa shape index (κ2) is 9.65. The molecule has 1 heterocycles. The van der Waals surface area contributed by atoms with Crippen LogP contribution in [0.5, 0.6) is 0 Å². The molecular weight excluding hydrogens is 356 g/mol. The third-order valence-electron chi connectivity index (χ3n) is 4.27. The van der Waals surface area contributed by atoms with Crippen molar-refractivity contribution in [2.45, 2.75) is 24.2 Å². The molecule has 1 unspecified atom stereocenters. The van der Waals surface area contributed by atoms with E-state index in [1.165, 1.54) is 12.1 Å². The molecular formula is C17H26N4O4S. The molecule has 1 fully saturated rings. The average Bonchev–Trinajstić information content (AvgIpc) is 2.66. The molecule has 1 aliphatic heterocycles. The summed E-state index contributed by atoms with van der Waals surface area (Å²) in [6, 6.07) is 8.02. The molecule has 1 aliphatic rings. The molecule has 1 aromatic rings. The summed E-state index contributed by atoms with van der Waals surface area (Å²) in [6.45, 7) is 1.77. The molecule has 26 heavy (non-hydrogen) atoms. The fourth-order valence-corrected chi connectivity index (χ4v) is 3.94. The van der Waals surface area contributed by atoms with Crippen LogP contribution >= 0.6 is 0 Å². The van der Waals surface area contributed by atoms with Gasteiger partial charge in [-0.25, -0.2) is 13.1 Å². The van der Waals surface area contributed by atoms with Gasteiger partial charge in [0.05, 0.1) is 10.8 Å². The van der Waals surface area contributed by atoms with E-state index in [0.717, 1.165) is 12.8 Å². The Morgan fingerprint density at radius 1 is 1.19 bits per heavy atom. The number of carbonyl (C=O) groups excluding carboxylic acids is 2. The number of sulfonamides is 1. The second-order valence-electron chi connectivity index (χ2n) is 6.22. The lowest BCUT2D eigenvalue weighted by Gasteiger charge is -2.32. The van der Waals surface area contributed by atoms with Crippen molar-refractivity contribution >= 4 is 21.8 Å². The van der Waals surface area contributed by atoms with Gasteiger partial charge in [-0.15, -0.1) is 0 Å². The van der Waals surface area contributed by atoms with E-state index in [1.807, 2.05) is 0 Å². The molecule has 1 saturated heterocycles. The van der Waals surface area contributed by atoms with Crippen molar-refractivity contribution in [3.05, 3.63) is 30.3 Å². The third kappa shape index (κ3) is 5.79. The van der Waals surface area contributed by atoms with E-state index in [2.05, 4.69) is 10.0 Å². The molecule has 9 heteroatoms. The SMILES string of the molecule is NCCNC(=O)C1CCCN(C(=O)CCNS(=O)(=O)c2ccccc2)C1. The van der Waals surface area contributed by atoms with Gasteiger partial charge >= 0.3 is 0 Å². The van der Waals surface area contributed by atoms with Gasteiger partial charge in [-0.05, 0) is 25.0 Å². The number of likely N-dealkylation sites (tertiary alicyclic amines) is 1. The van der Waals surface area contributed by atoms with Crippen molar-refractivity contribution in [1.29, 1.82) is 0 Å². The fourth-order valence-electron chi connectivity index (χ4n) is 2.89. The first-order valence-corrected chi connectivity index (χ1v) is 10.2. The predicted molar refractivity (Wildman–Crippen MR) is 97.6 cm³/mol. The Kier molecular flexibility index (Phi) is 7.55. The molecule has 0 aliphatic carbocycles. The quantitative estimate of drug-likeness (QED) is 0.568. The first kappa shape index (κ1) is 20.3. The standard InChI is InChI=1S/C17H26N4O4S/c18-9-11-19-17(23)14-5-4-12-21(13-14)16(22)8-10-20-26(24,25)15-6-2-1-3-7-15/h1-3,6-7,14,20H,4-5,8-13,18H2,(H,19,23). The van der Waals surface area contributed by atoms with Crippen molar-refractivity contribution < 1.29 is 18.0 Å². The highest BCUT2D eigenvalue weighted by atomic mass is 32.2. The van der Waals surface area contributed by atoms with Crippen molar-refractivity contribution in [3.8, 4) is 0 Å². The van der Waals surface area contributed by atoms with E-state index in [1.54, 1.807) is 23.1 Å². The van der Waals surface area contributed by atoms with Gasteiger partial charge in [-0.1, -0.05) is 18.2 Å². The number of nitrogens with two attached hydrogens (primary N) is 1. The summed E-state index contributed by atoms with van der Waals surface area (Å²) < 4.78 is 26.7. The Bertz CT molecular complexity index is 709. The highest BCUT2D eigenvalue weighted by molar-refractivity contribution is 7.89. The Labute approximate surface area is 154 Å². The van der Waals surface area contributed by atoms with Crippen molar-refractivity contribution in [3.63, 3.8) is 0 Å². The minimum Gasteiger partial charge on any atom is -0.355 e. The monoisotopic (exact) mass is 382 g/mol. The van der Waals surface area contributed by atoms with Crippen LogP contribution in [-0.2, 0) is 19.6 Å². The highest BCUT2D eigenvalue weighted by Gasteiger charge is 2.28. The largest absolute Gasteiger partial charge is 0.355 e. The minimum atomic E-state index is -3.62. The molecule has 0 radical (unpaired) electrons. The summed E-state index contributed by atoms with van der Waals surface area (Å²) in [4.78, 5) is 26.2. The molecule has 1 atom stereocenters. The number of rotatable bonds is 8.